The highest BCUT2D eigenvalue weighted by Crippen LogP contribution is 2.14. The number of rotatable bonds is 17. The molecule has 24 heavy (non-hydrogen) atoms. The van der Waals surface area contributed by atoms with Crippen LogP contribution >= 0.6 is 0 Å². The Labute approximate surface area is 151 Å². The van der Waals surface area contributed by atoms with Gasteiger partial charge in [0.1, 0.15) is 0 Å². The summed E-state index contributed by atoms with van der Waals surface area (Å²) in [5.41, 5.74) is 0. The van der Waals surface area contributed by atoms with Gasteiger partial charge < -0.3 is 10.0 Å². The fraction of sp³-hybridized carbons (Fsp3) is 0.952. The fourth-order valence-corrected chi connectivity index (χ4v) is 3.06. The van der Waals surface area contributed by atoms with Crippen LogP contribution in [0.5, 0.6) is 0 Å². The molecule has 0 rings (SSSR count). The van der Waals surface area contributed by atoms with Gasteiger partial charge in [0.15, 0.2) is 0 Å². The van der Waals surface area contributed by atoms with Crippen molar-refractivity contribution in [2.24, 2.45) is 5.92 Å². The largest absolute Gasteiger partial charge is 0.395 e. The van der Waals surface area contributed by atoms with Crippen LogP contribution in [0.3, 0.4) is 0 Å². The first-order valence-corrected chi connectivity index (χ1v) is 10.4. The van der Waals surface area contributed by atoms with Crippen molar-refractivity contribution in [3.05, 3.63) is 0 Å². The third kappa shape index (κ3) is 16.3. The summed E-state index contributed by atoms with van der Waals surface area (Å²) in [6, 6.07) is 0. The minimum atomic E-state index is 0.0557. The van der Waals surface area contributed by atoms with Crippen molar-refractivity contribution < 1.29 is 9.90 Å². The van der Waals surface area contributed by atoms with Crippen LogP contribution in [0.15, 0.2) is 0 Å². The molecule has 0 spiro atoms. The zero-order valence-electron chi connectivity index (χ0n) is 16.7. The van der Waals surface area contributed by atoms with Crippen LogP contribution in [0, 0.1) is 5.92 Å². The minimum absolute atomic E-state index is 0.0557. The molecule has 0 aromatic rings. The molecule has 0 heterocycles. The van der Waals surface area contributed by atoms with Gasteiger partial charge in [-0.1, -0.05) is 90.9 Å². The van der Waals surface area contributed by atoms with E-state index in [1.165, 1.54) is 70.6 Å². The molecule has 0 atom stereocenters. The van der Waals surface area contributed by atoms with Gasteiger partial charge in [-0.3, -0.25) is 4.79 Å². The summed E-state index contributed by atoms with van der Waals surface area (Å²) in [4.78, 5) is 13.3. The first-order chi connectivity index (χ1) is 11.6. The lowest BCUT2D eigenvalue weighted by molar-refractivity contribution is -0.130. The zero-order valence-corrected chi connectivity index (χ0v) is 16.7. The lowest BCUT2D eigenvalue weighted by Crippen LogP contribution is -2.29. The maximum absolute atomic E-state index is 11.7. The highest BCUT2D eigenvalue weighted by molar-refractivity contribution is 5.75. The Hall–Kier alpha value is -0.570. The highest BCUT2D eigenvalue weighted by Gasteiger charge is 2.06. The van der Waals surface area contributed by atoms with Crippen molar-refractivity contribution in [2.75, 3.05) is 20.2 Å². The molecule has 3 nitrogen and oxygen atoms in total. The Kier molecular flexibility index (Phi) is 16.8. The van der Waals surface area contributed by atoms with E-state index in [2.05, 4.69) is 13.8 Å². The van der Waals surface area contributed by atoms with E-state index >= 15 is 0 Å². The molecule has 0 unspecified atom stereocenters. The van der Waals surface area contributed by atoms with Gasteiger partial charge in [-0.2, -0.15) is 0 Å². The molecule has 1 N–H and O–H groups in total. The van der Waals surface area contributed by atoms with Crippen LogP contribution in [-0.4, -0.2) is 36.1 Å². The molecule has 0 aromatic carbocycles. The minimum Gasteiger partial charge on any atom is -0.395 e. The van der Waals surface area contributed by atoms with Gasteiger partial charge in [0.05, 0.1) is 6.61 Å². The molecule has 0 aromatic heterocycles. The van der Waals surface area contributed by atoms with E-state index < -0.39 is 0 Å². The molecular formula is C21H43NO2. The Morgan fingerprint density at radius 2 is 1.21 bits per heavy atom. The molecule has 0 saturated carbocycles. The second-order valence-corrected chi connectivity index (χ2v) is 7.71. The monoisotopic (exact) mass is 341 g/mol. The molecule has 0 aliphatic heterocycles. The molecule has 144 valence electrons. The van der Waals surface area contributed by atoms with Gasteiger partial charge in [-0.15, -0.1) is 0 Å². The summed E-state index contributed by atoms with van der Waals surface area (Å²) in [5.74, 6) is 1.03. The SMILES string of the molecule is CC(C)CCCCCCCCCCCCCCC(=O)N(C)CCO. The summed E-state index contributed by atoms with van der Waals surface area (Å²) in [6.07, 6.45) is 18.0. The number of carbonyl (C=O) groups excluding carboxylic acids is 1. The summed E-state index contributed by atoms with van der Waals surface area (Å²) in [5, 5.41) is 8.80. The van der Waals surface area contributed by atoms with Crippen LogP contribution < -0.4 is 0 Å². The lowest BCUT2D eigenvalue weighted by atomic mass is 10.0. The van der Waals surface area contributed by atoms with Crippen molar-refractivity contribution in [2.45, 2.75) is 104 Å². The topological polar surface area (TPSA) is 40.5 Å². The van der Waals surface area contributed by atoms with Gasteiger partial charge >= 0.3 is 0 Å². The van der Waals surface area contributed by atoms with Crippen LogP contribution in [0.25, 0.3) is 0 Å². The first kappa shape index (κ1) is 23.4. The van der Waals surface area contributed by atoms with E-state index in [9.17, 15) is 4.79 Å². The lowest BCUT2D eigenvalue weighted by Gasteiger charge is -2.15. The normalized spacial score (nSPS) is 11.2. The van der Waals surface area contributed by atoms with Crippen LogP contribution in [0.1, 0.15) is 104 Å². The fourth-order valence-electron chi connectivity index (χ4n) is 3.06. The molecule has 0 bridgehead atoms. The molecule has 3 heteroatoms. The van der Waals surface area contributed by atoms with Crippen molar-refractivity contribution in [1.29, 1.82) is 0 Å². The smallest absolute Gasteiger partial charge is 0.222 e. The predicted molar refractivity (Wildman–Crippen MR) is 104 cm³/mol. The highest BCUT2D eigenvalue weighted by atomic mass is 16.3. The molecule has 0 fully saturated rings. The van der Waals surface area contributed by atoms with Gasteiger partial charge in [0.25, 0.3) is 0 Å². The Bertz CT molecular complexity index is 279. The van der Waals surface area contributed by atoms with Gasteiger partial charge in [0.2, 0.25) is 5.91 Å². The van der Waals surface area contributed by atoms with E-state index in [0.717, 1.165) is 18.8 Å². The van der Waals surface area contributed by atoms with Crippen LogP contribution in [-0.2, 0) is 4.79 Å². The Balaban J connectivity index is 3.16. The van der Waals surface area contributed by atoms with E-state index in [1.54, 1.807) is 11.9 Å². The third-order valence-electron chi connectivity index (χ3n) is 4.78. The summed E-state index contributed by atoms with van der Waals surface area (Å²) >= 11 is 0. The summed E-state index contributed by atoms with van der Waals surface area (Å²) < 4.78 is 0. The molecule has 0 radical (unpaired) electrons. The van der Waals surface area contributed by atoms with Gasteiger partial charge in [-0.05, 0) is 12.3 Å². The quantitative estimate of drug-likeness (QED) is 0.352. The number of aliphatic hydroxyl groups excluding tert-OH is 1. The number of carbonyl (C=O) groups is 1. The van der Waals surface area contributed by atoms with E-state index in [1.807, 2.05) is 0 Å². The molecule has 1 amide bonds. The predicted octanol–water partition coefficient (Wildman–Crippen LogP) is 5.55. The van der Waals surface area contributed by atoms with Crippen molar-refractivity contribution >= 4 is 5.91 Å². The number of likely N-dealkylation sites (N-methyl/N-ethyl adjacent to an activating group) is 1. The second-order valence-electron chi connectivity index (χ2n) is 7.71. The van der Waals surface area contributed by atoms with E-state index in [-0.39, 0.29) is 12.5 Å². The van der Waals surface area contributed by atoms with Crippen molar-refractivity contribution in [1.82, 2.24) is 4.90 Å². The summed E-state index contributed by atoms with van der Waals surface area (Å²) in [7, 11) is 1.77. The van der Waals surface area contributed by atoms with E-state index in [0.29, 0.717) is 13.0 Å². The average Bonchev–Trinajstić information content (AvgIpc) is 2.54. The van der Waals surface area contributed by atoms with Crippen molar-refractivity contribution in [3.8, 4) is 0 Å². The molecule has 0 aliphatic carbocycles. The molecular weight excluding hydrogens is 298 g/mol. The number of hydrogen-bond donors (Lipinski definition) is 1. The Morgan fingerprint density at radius 1 is 0.792 bits per heavy atom. The molecule has 0 aliphatic rings. The second kappa shape index (κ2) is 17.3. The zero-order chi connectivity index (χ0) is 18.0. The van der Waals surface area contributed by atoms with Crippen LogP contribution in [0.4, 0.5) is 0 Å². The van der Waals surface area contributed by atoms with Crippen LogP contribution in [0.2, 0.25) is 0 Å². The standard InChI is InChI=1S/C21H43NO2/c1-20(2)16-14-12-10-8-6-4-5-7-9-11-13-15-17-21(24)22(3)18-19-23/h20,23H,4-19H2,1-3H3. The number of nitrogens with zero attached hydrogens (tertiary/aromatic N) is 1. The number of aliphatic hydroxyl groups is 1. The maximum Gasteiger partial charge on any atom is 0.222 e. The Morgan fingerprint density at radius 3 is 1.62 bits per heavy atom. The maximum atomic E-state index is 11.7. The van der Waals surface area contributed by atoms with Gasteiger partial charge in [0, 0.05) is 20.0 Å². The molecule has 0 saturated heterocycles. The number of hydrogen-bond acceptors (Lipinski definition) is 2. The number of unbranched alkanes of at least 4 members (excludes halogenated alkanes) is 11. The number of amides is 1. The summed E-state index contributed by atoms with van der Waals surface area (Å²) in [6.45, 7) is 5.14. The van der Waals surface area contributed by atoms with Crippen molar-refractivity contribution in [3.63, 3.8) is 0 Å². The third-order valence-corrected chi connectivity index (χ3v) is 4.78. The van der Waals surface area contributed by atoms with Gasteiger partial charge in [-0.25, -0.2) is 0 Å². The van der Waals surface area contributed by atoms with E-state index in [4.69, 9.17) is 5.11 Å². The average molecular weight is 342 g/mol. The first-order valence-electron chi connectivity index (χ1n) is 10.4.